The Morgan fingerprint density at radius 3 is 2.27 bits per heavy atom. The predicted molar refractivity (Wildman–Crippen MR) is 115 cm³/mol. The Labute approximate surface area is 159 Å². The van der Waals surface area contributed by atoms with Gasteiger partial charge in [0.05, 0.1) is 0 Å². The standard InChI is InChI=1S/C25H31N/c1-19(2)24-12-8-20(9-13-24)16-22-6-5-7-23(18-22)17-21-10-14-25(15-11-21)26(3)4/h8-19,24H,5-7H2,1-4H3/b20-16?,23-17+. The molecule has 136 valence electrons. The lowest BCUT2D eigenvalue weighted by atomic mass is 9.88. The molecule has 3 rings (SSSR count). The topological polar surface area (TPSA) is 3.24 Å². The number of nitrogens with zero attached hydrogens (tertiary/aromatic N) is 1. The van der Waals surface area contributed by atoms with Gasteiger partial charge in [-0.25, -0.2) is 0 Å². The molecule has 1 aromatic rings. The molecule has 1 aromatic carbocycles. The number of anilines is 1. The summed E-state index contributed by atoms with van der Waals surface area (Å²) in [6, 6.07) is 8.79. The Bertz CT molecular complexity index is 751. The zero-order valence-corrected chi connectivity index (χ0v) is 16.6. The fourth-order valence-electron chi connectivity index (χ4n) is 3.51. The van der Waals surface area contributed by atoms with Crippen molar-refractivity contribution < 1.29 is 0 Å². The van der Waals surface area contributed by atoms with Gasteiger partial charge < -0.3 is 4.90 Å². The molecule has 0 fully saturated rings. The fourth-order valence-corrected chi connectivity index (χ4v) is 3.51. The van der Waals surface area contributed by atoms with Crippen molar-refractivity contribution in [2.24, 2.45) is 11.8 Å². The molecule has 0 heterocycles. The van der Waals surface area contributed by atoms with Crippen LogP contribution in [0.2, 0.25) is 0 Å². The lowest BCUT2D eigenvalue weighted by Gasteiger charge is -2.17. The van der Waals surface area contributed by atoms with Crippen LogP contribution in [0.1, 0.15) is 38.7 Å². The van der Waals surface area contributed by atoms with Gasteiger partial charge in [-0.05, 0) is 65.5 Å². The highest BCUT2D eigenvalue weighted by Gasteiger charge is 2.10. The SMILES string of the molecule is CC(C)C1C=CC(=CC2=C/C(=C/c3ccc(N(C)C)cc3)CCC2)C=C1. The molecule has 0 aromatic heterocycles. The first kappa shape index (κ1) is 18.5. The number of rotatable bonds is 4. The summed E-state index contributed by atoms with van der Waals surface area (Å²) in [5.74, 6) is 1.25. The second-order valence-electron chi connectivity index (χ2n) is 7.96. The van der Waals surface area contributed by atoms with Gasteiger partial charge in [-0.15, -0.1) is 0 Å². The summed E-state index contributed by atoms with van der Waals surface area (Å²) in [4.78, 5) is 2.14. The molecule has 0 saturated carbocycles. The van der Waals surface area contributed by atoms with E-state index in [2.05, 4.69) is 99.6 Å². The van der Waals surface area contributed by atoms with Crippen molar-refractivity contribution in [3.8, 4) is 0 Å². The molecule has 0 bridgehead atoms. The molecule has 0 unspecified atom stereocenters. The fraction of sp³-hybridized carbons (Fsp3) is 0.360. The molecule has 26 heavy (non-hydrogen) atoms. The van der Waals surface area contributed by atoms with Crippen LogP contribution in [0.15, 0.2) is 77.4 Å². The van der Waals surface area contributed by atoms with Gasteiger partial charge in [0.2, 0.25) is 0 Å². The molecule has 0 saturated heterocycles. The number of allylic oxidation sites excluding steroid dienone is 9. The molecule has 0 radical (unpaired) electrons. The van der Waals surface area contributed by atoms with E-state index in [1.165, 1.54) is 47.2 Å². The minimum Gasteiger partial charge on any atom is -0.378 e. The molecule has 1 heteroatoms. The first-order valence-corrected chi connectivity index (χ1v) is 9.78. The molecule has 0 N–H and O–H groups in total. The van der Waals surface area contributed by atoms with Gasteiger partial charge in [-0.3, -0.25) is 0 Å². The first-order chi connectivity index (χ1) is 12.5. The average molecular weight is 346 g/mol. The Hall–Kier alpha value is -2.28. The summed E-state index contributed by atoms with van der Waals surface area (Å²) in [6.45, 7) is 4.56. The molecule has 0 atom stereocenters. The Morgan fingerprint density at radius 1 is 0.962 bits per heavy atom. The summed E-state index contributed by atoms with van der Waals surface area (Å²) in [5.41, 5.74) is 6.73. The van der Waals surface area contributed by atoms with Crippen LogP contribution < -0.4 is 4.90 Å². The van der Waals surface area contributed by atoms with Gasteiger partial charge in [0.25, 0.3) is 0 Å². The van der Waals surface area contributed by atoms with Crippen molar-refractivity contribution in [2.45, 2.75) is 33.1 Å². The van der Waals surface area contributed by atoms with Crippen LogP contribution in [-0.2, 0) is 0 Å². The summed E-state index contributed by atoms with van der Waals surface area (Å²) < 4.78 is 0. The van der Waals surface area contributed by atoms with Crippen LogP contribution in [0.25, 0.3) is 6.08 Å². The molecule has 0 aliphatic heterocycles. The molecular formula is C25H31N. The maximum absolute atomic E-state index is 2.38. The van der Waals surface area contributed by atoms with Crippen molar-refractivity contribution in [2.75, 3.05) is 19.0 Å². The van der Waals surface area contributed by atoms with Gasteiger partial charge in [-0.2, -0.15) is 0 Å². The lowest BCUT2D eigenvalue weighted by Crippen LogP contribution is -2.07. The van der Waals surface area contributed by atoms with E-state index in [0.717, 1.165) is 0 Å². The Balaban J connectivity index is 1.74. The minimum atomic E-state index is 0.577. The summed E-state index contributed by atoms with van der Waals surface area (Å²) in [5, 5.41) is 0. The van der Waals surface area contributed by atoms with E-state index in [1.807, 2.05) is 0 Å². The van der Waals surface area contributed by atoms with Crippen molar-refractivity contribution >= 4 is 11.8 Å². The first-order valence-electron chi connectivity index (χ1n) is 9.78. The third-order valence-corrected chi connectivity index (χ3v) is 5.21. The molecule has 2 aliphatic rings. The number of hydrogen-bond acceptors (Lipinski definition) is 1. The molecular weight excluding hydrogens is 314 g/mol. The third kappa shape index (κ3) is 4.88. The van der Waals surface area contributed by atoms with Crippen LogP contribution in [0, 0.1) is 11.8 Å². The van der Waals surface area contributed by atoms with Crippen molar-refractivity contribution in [1.29, 1.82) is 0 Å². The van der Waals surface area contributed by atoms with E-state index in [4.69, 9.17) is 0 Å². The zero-order chi connectivity index (χ0) is 18.5. The average Bonchev–Trinajstić information content (AvgIpc) is 2.63. The van der Waals surface area contributed by atoms with Crippen LogP contribution >= 0.6 is 0 Å². The van der Waals surface area contributed by atoms with E-state index in [9.17, 15) is 0 Å². The summed E-state index contributed by atoms with van der Waals surface area (Å²) in [7, 11) is 4.16. The van der Waals surface area contributed by atoms with Gasteiger partial charge >= 0.3 is 0 Å². The summed E-state index contributed by atoms with van der Waals surface area (Å²) >= 11 is 0. The maximum Gasteiger partial charge on any atom is 0.0361 e. The normalized spacial score (nSPS) is 21.3. The van der Waals surface area contributed by atoms with Crippen LogP contribution in [0.5, 0.6) is 0 Å². The molecule has 1 nitrogen and oxygen atoms in total. The molecule has 2 aliphatic carbocycles. The number of benzene rings is 1. The van der Waals surface area contributed by atoms with Crippen LogP contribution in [0.4, 0.5) is 5.69 Å². The van der Waals surface area contributed by atoms with E-state index in [0.29, 0.717) is 11.8 Å². The van der Waals surface area contributed by atoms with Gasteiger partial charge in [0, 0.05) is 19.8 Å². The van der Waals surface area contributed by atoms with E-state index in [-0.39, 0.29) is 0 Å². The monoisotopic (exact) mass is 345 g/mol. The minimum absolute atomic E-state index is 0.577. The Morgan fingerprint density at radius 2 is 1.65 bits per heavy atom. The largest absolute Gasteiger partial charge is 0.378 e. The second-order valence-corrected chi connectivity index (χ2v) is 7.96. The van der Waals surface area contributed by atoms with Gasteiger partial charge in [0.15, 0.2) is 0 Å². The smallest absolute Gasteiger partial charge is 0.0361 e. The highest BCUT2D eigenvalue weighted by atomic mass is 15.1. The van der Waals surface area contributed by atoms with Crippen molar-refractivity contribution in [3.05, 3.63) is 83.0 Å². The lowest BCUT2D eigenvalue weighted by molar-refractivity contribution is 0.548. The predicted octanol–water partition coefficient (Wildman–Crippen LogP) is 6.57. The quantitative estimate of drug-likeness (QED) is 0.596. The van der Waals surface area contributed by atoms with E-state index >= 15 is 0 Å². The zero-order valence-electron chi connectivity index (χ0n) is 16.6. The van der Waals surface area contributed by atoms with Crippen molar-refractivity contribution in [3.63, 3.8) is 0 Å². The highest BCUT2D eigenvalue weighted by Crippen LogP contribution is 2.28. The third-order valence-electron chi connectivity index (χ3n) is 5.21. The molecule has 0 amide bonds. The second kappa shape index (κ2) is 8.40. The van der Waals surface area contributed by atoms with Gasteiger partial charge in [0.1, 0.15) is 0 Å². The highest BCUT2D eigenvalue weighted by molar-refractivity contribution is 5.60. The molecule has 0 spiro atoms. The maximum atomic E-state index is 2.38. The summed E-state index contributed by atoms with van der Waals surface area (Å²) in [6.07, 6.45) is 19.9. The van der Waals surface area contributed by atoms with Gasteiger partial charge in [-0.1, -0.05) is 68.5 Å². The van der Waals surface area contributed by atoms with E-state index < -0.39 is 0 Å². The van der Waals surface area contributed by atoms with Crippen LogP contribution in [0.3, 0.4) is 0 Å². The van der Waals surface area contributed by atoms with Crippen molar-refractivity contribution in [1.82, 2.24) is 0 Å². The van der Waals surface area contributed by atoms with E-state index in [1.54, 1.807) is 0 Å². The van der Waals surface area contributed by atoms with Crippen LogP contribution in [-0.4, -0.2) is 14.1 Å². The number of hydrogen-bond donors (Lipinski definition) is 0. The Kier molecular flexibility index (Phi) is 5.98.